The second-order valence-corrected chi connectivity index (χ2v) is 5.61. The van der Waals surface area contributed by atoms with E-state index in [1.165, 1.54) is 37.7 Å². The smallest absolute Gasteiger partial charge is 0.163 e. The minimum atomic E-state index is -0.0100. The van der Waals surface area contributed by atoms with E-state index in [9.17, 15) is 9.59 Å². The van der Waals surface area contributed by atoms with Gasteiger partial charge in [-0.25, -0.2) is 0 Å². The van der Waals surface area contributed by atoms with E-state index in [1.54, 1.807) is 6.07 Å². The van der Waals surface area contributed by atoms with Crippen LogP contribution in [0.3, 0.4) is 0 Å². The summed E-state index contributed by atoms with van der Waals surface area (Å²) in [7, 11) is 0. The molecular formula is C16H19ClO2. The zero-order chi connectivity index (χ0) is 13.7. The molecule has 0 spiro atoms. The van der Waals surface area contributed by atoms with Crippen LogP contribution in [-0.2, 0) is 4.79 Å². The lowest BCUT2D eigenvalue weighted by atomic mass is 9.83. The van der Waals surface area contributed by atoms with Crippen molar-refractivity contribution in [2.75, 3.05) is 0 Å². The van der Waals surface area contributed by atoms with Crippen LogP contribution in [0.2, 0.25) is 5.02 Å². The number of hydrogen-bond acceptors (Lipinski definition) is 2. The lowest BCUT2D eigenvalue weighted by molar-refractivity contribution is -0.107. The highest BCUT2D eigenvalue weighted by Gasteiger charge is 2.18. The Morgan fingerprint density at radius 1 is 1.26 bits per heavy atom. The molecule has 0 bridgehead atoms. The Hall–Kier alpha value is -1.15. The number of aldehydes is 1. The molecule has 0 aliphatic heterocycles. The average molecular weight is 279 g/mol. The van der Waals surface area contributed by atoms with Gasteiger partial charge in [0.05, 0.1) is 0 Å². The van der Waals surface area contributed by atoms with Gasteiger partial charge in [0.1, 0.15) is 6.29 Å². The average Bonchev–Trinajstić information content (AvgIpc) is 2.45. The minimum absolute atomic E-state index is 0.0100. The Bertz CT molecular complexity index is 462. The maximum Gasteiger partial charge on any atom is 0.163 e. The van der Waals surface area contributed by atoms with Crippen molar-refractivity contribution < 1.29 is 9.59 Å². The number of rotatable bonds is 5. The summed E-state index contributed by atoms with van der Waals surface area (Å²) in [4.78, 5) is 22.1. The number of hydrogen-bond donors (Lipinski definition) is 0. The molecule has 0 N–H and O–H groups in total. The van der Waals surface area contributed by atoms with E-state index in [1.807, 2.05) is 12.1 Å². The molecule has 2 nitrogen and oxygen atoms in total. The third-order valence-corrected chi connectivity index (χ3v) is 4.18. The molecule has 0 radical (unpaired) electrons. The predicted molar refractivity (Wildman–Crippen MR) is 76.9 cm³/mol. The summed E-state index contributed by atoms with van der Waals surface area (Å²) in [6.45, 7) is 0. The molecule has 102 valence electrons. The largest absolute Gasteiger partial charge is 0.303 e. The second-order valence-electron chi connectivity index (χ2n) is 5.20. The standard InChI is InChI=1S/C16H19ClO2/c17-15-11-13(16(19)7-4-10-18)8-9-14(15)12-5-2-1-3-6-12/h8-12H,1-7H2. The van der Waals surface area contributed by atoms with E-state index >= 15 is 0 Å². The molecule has 1 aliphatic carbocycles. The molecule has 0 amide bonds. The van der Waals surface area contributed by atoms with E-state index < -0.39 is 0 Å². The lowest BCUT2D eigenvalue weighted by Crippen LogP contribution is -2.06. The van der Waals surface area contributed by atoms with Crippen LogP contribution < -0.4 is 0 Å². The van der Waals surface area contributed by atoms with Crippen LogP contribution >= 0.6 is 11.6 Å². The topological polar surface area (TPSA) is 34.1 Å². The molecule has 2 rings (SSSR count). The fraction of sp³-hybridized carbons (Fsp3) is 0.500. The van der Waals surface area contributed by atoms with E-state index in [0.29, 0.717) is 16.5 Å². The van der Waals surface area contributed by atoms with Crippen molar-refractivity contribution in [3.05, 3.63) is 34.3 Å². The van der Waals surface area contributed by atoms with Gasteiger partial charge in [-0.2, -0.15) is 0 Å². The van der Waals surface area contributed by atoms with Crippen LogP contribution in [0.1, 0.15) is 66.8 Å². The van der Waals surface area contributed by atoms with Crippen molar-refractivity contribution in [1.82, 2.24) is 0 Å². The Labute approximate surface area is 119 Å². The van der Waals surface area contributed by atoms with Crippen molar-refractivity contribution in [3.8, 4) is 0 Å². The summed E-state index contributed by atoms with van der Waals surface area (Å²) in [5.41, 5.74) is 1.79. The van der Waals surface area contributed by atoms with Crippen LogP contribution in [-0.4, -0.2) is 12.1 Å². The number of carbonyl (C=O) groups excluding carboxylic acids is 2. The number of benzene rings is 1. The Balaban J connectivity index is 2.12. The van der Waals surface area contributed by atoms with Crippen LogP contribution in [0.4, 0.5) is 0 Å². The highest BCUT2D eigenvalue weighted by atomic mass is 35.5. The van der Waals surface area contributed by atoms with Gasteiger partial charge in [-0.05, 0) is 30.4 Å². The molecule has 19 heavy (non-hydrogen) atoms. The summed E-state index contributed by atoms with van der Waals surface area (Å²) >= 11 is 6.32. The number of carbonyl (C=O) groups is 2. The molecule has 3 heteroatoms. The third-order valence-electron chi connectivity index (χ3n) is 3.86. The zero-order valence-corrected chi connectivity index (χ0v) is 11.8. The van der Waals surface area contributed by atoms with Gasteiger partial charge in [-0.3, -0.25) is 4.79 Å². The molecule has 1 fully saturated rings. The van der Waals surface area contributed by atoms with Gasteiger partial charge in [0.15, 0.2) is 5.78 Å². The van der Waals surface area contributed by atoms with Crippen molar-refractivity contribution in [3.63, 3.8) is 0 Å². The summed E-state index contributed by atoms with van der Waals surface area (Å²) in [6, 6.07) is 5.61. The predicted octanol–water partition coefficient (Wildman–Crippen LogP) is 4.55. The zero-order valence-electron chi connectivity index (χ0n) is 11.0. The highest BCUT2D eigenvalue weighted by Crippen LogP contribution is 2.36. The van der Waals surface area contributed by atoms with Gasteiger partial charge in [0, 0.05) is 23.4 Å². The maximum atomic E-state index is 11.8. The quantitative estimate of drug-likeness (QED) is 0.585. The van der Waals surface area contributed by atoms with Gasteiger partial charge in [0.25, 0.3) is 0 Å². The molecule has 0 atom stereocenters. The SMILES string of the molecule is O=CCCC(=O)c1ccc(C2CCCCC2)c(Cl)c1. The lowest BCUT2D eigenvalue weighted by Gasteiger charge is -2.23. The molecule has 1 aliphatic rings. The first kappa shape index (κ1) is 14.3. The van der Waals surface area contributed by atoms with Crippen LogP contribution in [0.25, 0.3) is 0 Å². The summed E-state index contributed by atoms with van der Waals surface area (Å²) in [6.07, 6.45) is 7.55. The van der Waals surface area contributed by atoms with Crippen molar-refractivity contribution in [2.24, 2.45) is 0 Å². The molecule has 1 aromatic carbocycles. The first-order valence-electron chi connectivity index (χ1n) is 6.98. The van der Waals surface area contributed by atoms with Gasteiger partial charge in [0.2, 0.25) is 0 Å². The Kier molecular flexibility index (Phi) is 5.15. The van der Waals surface area contributed by atoms with Crippen molar-refractivity contribution >= 4 is 23.7 Å². The molecule has 0 heterocycles. The van der Waals surface area contributed by atoms with E-state index in [4.69, 9.17) is 11.6 Å². The van der Waals surface area contributed by atoms with E-state index in [2.05, 4.69) is 0 Å². The number of halogens is 1. The van der Waals surface area contributed by atoms with E-state index in [0.717, 1.165) is 6.29 Å². The fourth-order valence-electron chi connectivity index (χ4n) is 2.78. The van der Waals surface area contributed by atoms with Gasteiger partial charge >= 0.3 is 0 Å². The molecule has 1 aromatic rings. The fourth-order valence-corrected chi connectivity index (χ4v) is 3.11. The monoisotopic (exact) mass is 278 g/mol. The van der Waals surface area contributed by atoms with Gasteiger partial charge in [-0.15, -0.1) is 0 Å². The van der Waals surface area contributed by atoms with Gasteiger partial charge < -0.3 is 4.79 Å². The molecule has 0 saturated heterocycles. The summed E-state index contributed by atoms with van der Waals surface area (Å²) in [5.74, 6) is 0.532. The van der Waals surface area contributed by atoms with Crippen LogP contribution in [0.5, 0.6) is 0 Å². The molecule has 0 unspecified atom stereocenters. The first-order valence-corrected chi connectivity index (χ1v) is 7.36. The van der Waals surface area contributed by atoms with Crippen LogP contribution in [0.15, 0.2) is 18.2 Å². The third kappa shape index (κ3) is 3.66. The highest BCUT2D eigenvalue weighted by molar-refractivity contribution is 6.31. The Morgan fingerprint density at radius 3 is 2.63 bits per heavy atom. The first-order chi connectivity index (χ1) is 9.22. The van der Waals surface area contributed by atoms with Crippen molar-refractivity contribution in [1.29, 1.82) is 0 Å². The maximum absolute atomic E-state index is 11.8. The van der Waals surface area contributed by atoms with Gasteiger partial charge in [-0.1, -0.05) is 43.0 Å². The minimum Gasteiger partial charge on any atom is -0.303 e. The molecule has 1 saturated carbocycles. The number of Topliss-reactive ketones (excluding diaryl/α,β-unsaturated/α-hetero) is 1. The van der Waals surface area contributed by atoms with Crippen molar-refractivity contribution in [2.45, 2.75) is 50.9 Å². The Morgan fingerprint density at radius 2 is 2.00 bits per heavy atom. The number of ketones is 1. The van der Waals surface area contributed by atoms with E-state index in [-0.39, 0.29) is 18.6 Å². The molecule has 0 aromatic heterocycles. The van der Waals surface area contributed by atoms with Crippen LogP contribution in [0, 0.1) is 0 Å². The normalized spacial score (nSPS) is 16.3. The second kappa shape index (κ2) is 6.85. The summed E-state index contributed by atoms with van der Waals surface area (Å²) in [5, 5.41) is 0.698. The molecular weight excluding hydrogens is 260 g/mol. The summed E-state index contributed by atoms with van der Waals surface area (Å²) < 4.78 is 0.